The van der Waals surface area contributed by atoms with Crippen LogP contribution in [0.15, 0.2) is 0 Å². The summed E-state index contributed by atoms with van der Waals surface area (Å²) in [4.78, 5) is 0. The van der Waals surface area contributed by atoms with Gasteiger partial charge >= 0.3 is 6.18 Å². The molecule has 0 saturated heterocycles. The Kier molecular flexibility index (Phi) is 3.85. The van der Waals surface area contributed by atoms with Gasteiger partial charge in [-0.2, -0.15) is 13.2 Å². The maximum atomic E-state index is 12.2. The topological polar surface area (TPSA) is 26.0 Å². The molecule has 0 amide bonds. The third-order valence-corrected chi connectivity index (χ3v) is 2.31. The highest BCUT2D eigenvalue weighted by Crippen LogP contribution is 2.39. The average molecular weight is 204 g/mol. The van der Waals surface area contributed by atoms with Crippen molar-refractivity contribution >= 4 is 12.4 Å². The van der Waals surface area contributed by atoms with Gasteiger partial charge in [0.05, 0.1) is 0 Å². The maximum absolute atomic E-state index is 12.2. The molecular weight excluding hydrogens is 191 g/mol. The smallest absolute Gasteiger partial charge is 0.318 e. The van der Waals surface area contributed by atoms with Gasteiger partial charge in [0.25, 0.3) is 0 Å². The fourth-order valence-corrected chi connectivity index (χ4v) is 1.47. The van der Waals surface area contributed by atoms with Crippen LogP contribution >= 0.6 is 12.4 Å². The highest BCUT2D eigenvalue weighted by Gasteiger charge is 2.51. The van der Waals surface area contributed by atoms with Crippen molar-refractivity contribution < 1.29 is 13.2 Å². The first-order valence-electron chi connectivity index (χ1n) is 3.81. The van der Waals surface area contributed by atoms with Crippen molar-refractivity contribution in [2.45, 2.75) is 43.8 Å². The van der Waals surface area contributed by atoms with Crippen molar-refractivity contribution in [2.75, 3.05) is 0 Å². The Labute approximate surface area is 75.9 Å². The quantitative estimate of drug-likeness (QED) is 0.644. The molecule has 0 radical (unpaired) electrons. The van der Waals surface area contributed by atoms with E-state index in [2.05, 4.69) is 0 Å². The van der Waals surface area contributed by atoms with Gasteiger partial charge in [0.2, 0.25) is 0 Å². The first-order valence-corrected chi connectivity index (χ1v) is 3.81. The number of halogens is 4. The molecule has 1 aliphatic rings. The molecule has 2 N–H and O–H groups in total. The Hall–Kier alpha value is 0.0400. The van der Waals surface area contributed by atoms with Gasteiger partial charge in [-0.1, -0.05) is 19.3 Å². The molecule has 0 atom stereocenters. The highest BCUT2D eigenvalue weighted by atomic mass is 35.5. The van der Waals surface area contributed by atoms with E-state index in [-0.39, 0.29) is 25.2 Å². The van der Waals surface area contributed by atoms with Crippen LogP contribution in [-0.2, 0) is 0 Å². The third kappa shape index (κ3) is 2.26. The molecule has 1 nitrogen and oxygen atoms in total. The second-order valence-corrected chi connectivity index (χ2v) is 3.21. The van der Waals surface area contributed by atoms with Crippen LogP contribution in [-0.4, -0.2) is 11.7 Å². The summed E-state index contributed by atoms with van der Waals surface area (Å²) in [7, 11) is 0. The standard InChI is InChI=1S/C7H12F3N.ClH/c8-7(9,10)6(11)4-2-1-3-5-6;/h1-5,11H2;1H. The zero-order chi connectivity index (χ0) is 8.54. The van der Waals surface area contributed by atoms with E-state index >= 15 is 0 Å². The van der Waals surface area contributed by atoms with E-state index in [4.69, 9.17) is 5.73 Å². The zero-order valence-electron chi connectivity index (χ0n) is 6.66. The third-order valence-electron chi connectivity index (χ3n) is 2.31. The number of rotatable bonds is 0. The molecule has 5 heteroatoms. The Morgan fingerprint density at radius 1 is 1.00 bits per heavy atom. The van der Waals surface area contributed by atoms with Crippen molar-refractivity contribution in [3.05, 3.63) is 0 Å². The fraction of sp³-hybridized carbons (Fsp3) is 1.00. The van der Waals surface area contributed by atoms with Crippen LogP contribution in [0.4, 0.5) is 13.2 Å². The van der Waals surface area contributed by atoms with Gasteiger partial charge in [0, 0.05) is 0 Å². The lowest BCUT2D eigenvalue weighted by Gasteiger charge is -2.34. The predicted octanol–water partition coefficient (Wildman–Crippen LogP) is 2.63. The molecule has 0 heterocycles. The normalized spacial score (nSPS) is 23.0. The van der Waals surface area contributed by atoms with Gasteiger partial charge in [-0.3, -0.25) is 0 Å². The number of hydrogen-bond donors (Lipinski definition) is 1. The van der Waals surface area contributed by atoms with Crippen LogP contribution in [0.25, 0.3) is 0 Å². The SMILES string of the molecule is Cl.NC1(C(F)(F)F)CCCCC1. The monoisotopic (exact) mass is 203 g/mol. The Balaban J connectivity index is 0.00000121. The molecule has 0 aromatic heterocycles. The minimum atomic E-state index is -4.21. The van der Waals surface area contributed by atoms with Crippen molar-refractivity contribution in [3.63, 3.8) is 0 Å². The summed E-state index contributed by atoms with van der Waals surface area (Å²) in [6.07, 6.45) is -1.93. The predicted molar refractivity (Wildman–Crippen MR) is 43.3 cm³/mol. The van der Waals surface area contributed by atoms with Crippen LogP contribution in [0.1, 0.15) is 32.1 Å². The van der Waals surface area contributed by atoms with E-state index in [1.807, 2.05) is 0 Å². The summed E-state index contributed by atoms with van der Waals surface area (Å²) >= 11 is 0. The molecule has 0 bridgehead atoms. The average Bonchev–Trinajstić information content (AvgIpc) is 1.87. The lowest BCUT2D eigenvalue weighted by molar-refractivity contribution is -0.193. The minimum absolute atomic E-state index is 0. The summed E-state index contributed by atoms with van der Waals surface area (Å²) in [5.74, 6) is 0. The summed E-state index contributed by atoms with van der Waals surface area (Å²) in [6, 6.07) is 0. The molecule has 12 heavy (non-hydrogen) atoms. The number of hydrogen-bond acceptors (Lipinski definition) is 1. The second-order valence-electron chi connectivity index (χ2n) is 3.21. The van der Waals surface area contributed by atoms with Crippen LogP contribution in [0.5, 0.6) is 0 Å². The molecule has 0 unspecified atom stereocenters. The van der Waals surface area contributed by atoms with Crippen molar-refractivity contribution in [3.8, 4) is 0 Å². The molecule has 0 aromatic rings. The van der Waals surface area contributed by atoms with E-state index in [9.17, 15) is 13.2 Å². The van der Waals surface area contributed by atoms with Crippen molar-refractivity contribution in [1.29, 1.82) is 0 Å². The molecule has 0 aliphatic heterocycles. The van der Waals surface area contributed by atoms with E-state index < -0.39 is 11.7 Å². The molecule has 74 valence electrons. The van der Waals surface area contributed by atoms with Crippen LogP contribution < -0.4 is 5.73 Å². The lowest BCUT2D eigenvalue weighted by Crippen LogP contribution is -2.54. The molecule has 0 aromatic carbocycles. The second kappa shape index (κ2) is 3.83. The van der Waals surface area contributed by atoms with E-state index in [0.717, 1.165) is 6.42 Å². The zero-order valence-corrected chi connectivity index (χ0v) is 7.47. The Morgan fingerprint density at radius 3 is 1.67 bits per heavy atom. The minimum Gasteiger partial charge on any atom is -0.318 e. The van der Waals surface area contributed by atoms with Gasteiger partial charge < -0.3 is 5.73 Å². The molecule has 0 spiro atoms. The van der Waals surface area contributed by atoms with Crippen LogP contribution in [0.2, 0.25) is 0 Å². The molecular formula is C7H13ClF3N. The van der Waals surface area contributed by atoms with Gasteiger partial charge in [-0.15, -0.1) is 12.4 Å². The first kappa shape index (κ1) is 12.0. The number of nitrogens with two attached hydrogens (primary N) is 1. The largest absolute Gasteiger partial charge is 0.406 e. The van der Waals surface area contributed by atoms with E-state index in [1.165, 1.54) is 0 Å². The lowest BCUT2D eigenvalue weighted by atomic mass is 9.82. The van der Waals surface area contributed by atoms with Crippen molar-refractivity contribution in [1.82, 2.24) is 0 Å². The summed E-state index contributed by atoms with van der Waals surface area (Å²) < 4.78 is 36.6. The fourth-order valence-electron chi connectivity index (χ4n) is 1.47. The van der Waals surface area contributed by atoms with Gasteiger partial charge in [0.15, 0.2) is 0 Å². The maximum Gasteiger partial charge on any atom is 0.406 e. The number of alkyl halides is 3. The summed E-state index contributed by atoms with van der Waals surface area (Å²) in [6.45, 7) is 0. The van der Waals surface area contributed by atoms with Gasteiger partial charge in [-0.05, 0) is 12.8 Å². The molecule has 1 rings (SSSR count). The molecule has 1 saturated carbocycles. The van der Waals surface area contributed by atoms with Crippen LogP contribution in [0, 0.1) is 0 Å². The van der Waals surface area contributed by atoms with Gasteiger partial charge in [0.1, 0.15) is 5.54 Å². The van der Waals surface area contributed by atoms with E-state index in [1.54, 1.807) is 0 Å². The first-order chi connectivity index (χ1) is 4.96. The van der Waals surface area contributed by atoms with Crippen LogP contribution in [0.3, 0.4) is 0 Å². The van der Waals surface area contributed by atoms with Crippen molar-refractivity contribution in [2.24, 2.45) is 5.73 Å². The van der Waals surface area contributed by atoms with E-state index in [0.29, 0.717) is 12.8 Å². The molecule has 1 aliphatic carbocycles. The summed E-state index contributed by atoms with van der Waals surface area (Å²) in [5, 5.41) is 0. The van der Waals surface area contributed by atoms with Gasteiger partial charge in [-0.25, -0.2) is 0 Å². The summed E-state index contributed by atoms with van der Waals surface area (Å²) in [5.41, 5.74) is 3.33. The Morgan fingerprint density at radius 2 is 1.42 bits per heavy atom. The molecule has 1 fully saturated rings. The highest BCUT2D eigenvalue weighted by molar-refractivity contribution is 5.85. The Bertz CT molecular complexity index is 140.